The number of anilines is 1. The monoisotopic (exact) mass is 432 g/mol. The van der Waals surface area contributed by atoms with E-state index in [4.69, 9.17) is 4.74 Å². The van der Waals surface area contributed by atoms with Crippen LogP contribution in [0.5, 0.6) is 11.5 Å². The number of piperidine rings is 1. The molecule has 1 aliphatic rings. The maximum atomic E-state index is 13.4. The standard InChI is InChI=1S/C23H26F2N2O4/c1-16-6-9-18(10-7-16)27(15-21(28)26-12-4-3-5-13-26)22(29)17-8-11-19(31-23(24)25)20(14-17)30-2/h6-11,14,23H,3-5,12-13,15H2,1-2H3. The maximum Gasteiger partial charge on any atom is 0.387 e. The highest BCUT2D eigenvalue weighted by Crippen LogP contribution is 2.30. The Morgan fingerprint density at radius 3 is 2.32 bits per heavy atom. The third-order valence-corrected chi connectivity index (χ3v) is 5.22. The summed E-state index contributed by atoms with van der Waals surface area (Å²) in [5, 5.41) is 0. The molecule has 31 heavy (non-hydrogen) atoms. The predicted octanol–water partition coefficient (Wildman–Crippen LogP) is 4.26. The molecule has 0 aliphatic carbocycles. The fourth-order valence-corrected chi connectivity index (χ4v) is 3.53. The van der Waals surface area contributed by atoms with Crippen LogP contribution in [-0.4, -0.2) is 50.1 Å². The molecule has 0 spiro atoms. The average molecular weight is 432 g/mol. The van der Waals surface area contributed by atoms with Crippen molar-refractivity contribution in [2.75, 3.05) is 31.6 Å². The molecule has 166 valence electrons. The second kappa shape index (κ2) is 10.2. The number of rotatable bonds is 7. The van der Waals surface area contributed by atoms with Crippen molar-refractivity contribution >= 4 is 17.5 Å². The van der Waals surface area contributed by atoms with Crippen molar-refractivity contribution in [3.63, 3.8) is 0 Å². The quantitative estimate of drug-likeness (QED) is 0.656. The number of amides is 2. The first-order valence-corrected chi connectivity index (χ1v) is 10.2. The van der Waals surface area contributed by atoms with Crippen LogP contribution in [0.15, 0.2) is 42.5 Å². The van der Waals surface area contributed by atoms with Gasteiger partial charge in [0.25, 0.3) is 5.91 Å². The number of carbonyl (C=O) groups is 2. The highest BCUT2D eigenvalue weighted by atomic mass is 19.3. The number of carbonyl (C=O) groups excluding carboxylic acids is 2. The Morgan fingerprint density at radius 2 is 1.71 bits per heavy atom. The van der Waals surface area contributed by atoms with Crippen molar-refractivity contribution in [1.82, 2.24) is 4.90 Å². The van der Waals surface area contributed by atoms with Gasteiger partial charge in [-0.3, -0.25) is 14.5 Å². The second-order valence-electron chi connectivity index (χ2n) is 7.41. The Balaban J connectivity index is 1.89. The van der Waals surface area contributed by atoms with Gasteiger partial charge < -0.3 is 14.4 Å². The molecule has 0 unspecified atom stereocenters. The number of hydrogen-bond acceptors (Lipinski definition) is 4. The van der Waals surface area contributed by atoms with Crippen molar-refractivity contribution in [3.05, 3.63) is 53.6 Å². The van der Waals surface area contributed by atoms with Crippen LogP contribution in [0.2, 0.25) is 0 Å². The lowest BCUT2D eigenvalue weighted by molar-refractivity contribution is -0.130. The summed E-state index contributed by atoms with van der Waals surface area (Å²) >= 11 is 0. The van der Waals surface area contributed by atoms with E-state index in [2.05, 4.69) is 4.74 Å². The fourth-order valence-electron chi connectivity index (χ4n) is 3.53. The minimum absolute atomic E-state index is 0.0114. The van der Waals surface area contributed by atoms with Crippen molar-refractivity contribution in [2.24, 2.45) is 0 Å². The molecule has 0 bridgehead atoms. The van der Waals surface area contributed by atoms with Crippen LogP contribution in [0.1, 0.15) is 35.2 Å². The van der Waals surface area contributed by atoms with E-state index in [1.165, 1.54) is 30.2 Å². The molecular weight excluding hydrogens is 406 g/mol. The zero-order valence-electron chi connectivity index (χ0n) is 17.6. The molecule has 6 nitrogen and oxygen atoms in total. The van der Waals surface area contributed by atoms with E-state index in [1.807, 2.05) is 19.1 Å². The van der Waals surface area contributed by atoms with E-state index in [1.54, 1.807) is 17.0 Å². The Bertz CT molecular complexity index is 912. The summed E-state index contributed by atoms with van der Waals surface area (Å²) in [6.45, 7) is 0.174. The molecule has 0 radical (unpaired) electrons. The summed E-state index contributed by atoms with van der Waals surface area (Å²) in [7, 11) is 1.31. The summed E-state index contributed by atoms with van der Waals surface area (Å²) in [6, 6.07) is 11.3. The number of hydrogen-bond donors (Lipinski definition) is 0. The lowest BCUT2D eigenvalue weighted by atomic mass is 10.1. The molecule has 1 saturated heterocycles. The zero-order valence-corrected chi connectivity index (χ0v) is 17.6. The molecular formula is C23H26F2N2O4. The Kier molecular flexibility index (Phi) is 7.44. The highest BCUT2D eigenvalue weighted by Gasteiger charge is 2.25. The SMILES string of the molecule is COc1cc(C(=O)N(CC(=O)N2CCCCC2)c2ccc(C)cc2)ccc1OC(F)F. The van der Waals surface area contributed by atoms with Crippen LogP contribution < -0.4 is 14.4 Å². The van der Waals surface area contributed by atoms with Crippen LogP contribution in [-0.2, 0) is 4.79 Å². The van der Waals surface area contributed by atoms with Gasteiger partial charge in [-0.05, 0) is 56.5 Å². The lowest BCUT2D eigenvalue weighted by Gasteiger charge is -2.30. The van der Waals surface area contributed by atoms with E-state index >= 15 is 0 Å². The van der Waals surface area contributed by atoms with Gasteiger partial charge in [-0.15, -0.1) is 0 Å². The summed E-state index contributed by atoms with van der Waals surface area (Å²) in [5.74, 6) is -0.716. The molecule has 2 amide bonds. The van der Waals surface area contributed by atoms with Gasteiger partial charge in [0.1, 0.15) is 6.54 Å². The number of aryl methyl sites for hydroxylation is 1. The van der Waals surface area contributed by atoms with Gasteiger partial charge in [0, 0.05) is 24.3 Å². The molecule has 0 N–H and O–H groups in total. The van der Waals surface area contributed by atoms with E-state index in [-0.39, 0.29) is 29.5 Å². The fraction of sp³-hybridized carbons (Fsp3) is 0.391. The number of nitrogens with zero attached hydrogens (tertiary/aromatic N) is 2. The number of halogens is 2. The molecule has 1 aliphatic heterocycles. The van der Waals surface area contributed by atoms with Gasteiger partial charge in [0.05, 0.1) is 7.11 Å². The number of benzene rings is 2. The second-order valence-corrected chi connectivity index (χ2v) is 7.41. The first-order chi connectivity index (χ1) is 14.9. The van der Waals surface area contributed by atoms with Crippen LogP contribution in [0.4, 0.5) is 14.5 Å². The summed E-state index contributed by atoms with van der Waals surface area (Å²) in [5.41, 5.74) is 1.80. The van der Waals surface area contributed by atoms with E-state index < -0.39 is 12.5 Å². The Morgan fingerprint density at radius 1 is 1.03 bits per heavy atom. The largest absolute Gasteiger partial charge is 0.493 e. The molecule has 0 atom stereocenters. The molecule has 1 heterocycles. The minimum Gasteiger partial charge on any atom is -0.493 e. The maximum absolute atomic E-state index is 13.4. The predicted molar refractivity (Wildman–Crippen MR) is 113 cm³/mol. The van der Waals surface area contributed by atoms with E-state index in [0.717, 1.165) is 24.8 Å². The van der Waals surface area contributed by atoms with E-state index in [9.17, 15) is 18.4 Å². The normalized spacial score (nSPS) is 13.8. The van der Waals surface area contributed by atoms with Crippen LogP contribution in [0.3, 0.4) is 0 Å². The van der Waals surface area contributed by atoms with Crippen molar-refractivity contribution in [1.29, 1.82) is 0 Å². The van der Waals surface area contributed by atoms with Crippen molar-refractivity contribution in [3.8, 4) is 11.5 Å². The number of alkyl halides is 2. The topological polar surface area (TPSA) is 59.1 Å². The van der Waals surface area contributed by atoms with Crippen molar-refractivity contribution in [2.45, 2.75) is 32.8 Å². The van der Waals surface area contributed by atoms with Gasteiger partial charge >= 0.3 is 6.61 Å². The molecule has 1 fully saturated rings. The zero-order chi connectivity index (χ0) is 22.4. The van der Waals surface area contributed by atoms with Crippen LogP contribution >= 0.6 is 0 Å². The summed E-state index contributed by atoms with van der Waals surface area (Å²) < 4.78 is 34.7. The van der Waals surface area contributed by atoms with Crippen molar-refractivity contribution < 1.29 is 27.8 Å². The number of likely N-dealkylation sites (tertiary alicyclic amines) is 1. The highest BCUT2D eigenvalue weighted by molar-refractivity contribution is 6.09. The first-order valence-electron chi connectivity index (χ1n) is 10.2. The Hall–Kier alpha value is -3.16. The molecule has 8 heteroatoms. The number of methoxy groups -OCH3 is 1. The van der Waals surface area contributed by atoms with Gasteiger partial charge in [0.2, 0.25) is 5.91 Å². The smallest absolute Gasteiger partial charge is 0.387 e. The van der Waals surface area contributed by atoms with Gasteiger partial charge in [0.15, 0.2) is 11.5 Å². The molecule has 0 aromatic heterocycles. The minimum atomic E-state index is -3.01. The molecule has 2 aromatic carbocycles. The average Bonchev–Trinajstić information content (AvgIpc) is 2.78. The third-order valence-electron chi connectivity index (χ3n) is 5.22. The van der Waals surface area contributed by atoms with E-state index in [0.29, 0.717) is 18.8 Å². The van der Waals surface area contributed by atoms with Crippen LogP contribution in [0, 0.1) is 6.92 Å². The van der Waals surface area contributed by atoms with Gasteiger partial charge in [-0.25, -0.2) is 0 Å². The molecule has 0 saturated carbocycles. The Labute approximate surface area is 180 Å². The molecule has 2 aromatic rings. The number of ether oxygens (including phenoxy) is 2. The van der Waals surface area contributed by atoms with Crippen LogP contribution in [0.25, 0.3) is 0 Å². The first kappa shape index (κ1) is 22.5. The molecule has 3 rings (SSSR count). The summed E-state index contributed by atoms with van der Waals surface area (Å²) in [4.78, 5) is 29.4. The van der Waals surface area contributed by atoms with Gasteiger partial charge in [-0.2, -0.15) is 8.78 Å². The summed E-state index contributed by atoms with van der Waals surface area (Å²) in [6.07, 6.45) is 3.00. The third kappa shape index (κ3) is 5.71. The lowest BCUT2D eigenvalue weighted by Crippen LogP contribution is -2.45. The van der Waals surface area contributed by atoms with Gasteiger partial charge in [-0.1, -0.05) is 17.7 Å².